The van der Waals surface area contributed by atoms with Gasteiger partial charge in [-0.1, -0.05) is 55.5 Å². The Hall–Kier alpha value is -0.990. The van der Waals surface area contributed by atoms with Crippen LogP contribution in [0.15, 0.2) is 48.5 Å². The van der Waals surface area contributed by atoms with E-state index >= 15 is 0 Å². The van der Waals surface area contributed by atoms with Crippen LogP contribution < -0.4 is 0 Å². The molecule has 0 unspecified atom stereocenters. The molecule has 100 valence electrons. The molecule has 18 heavy (non-hydrogen) atoms. The summed E-state index contributed by atoms with van der Waals surface area (Å²) in [6.45, 7) is 4.92. The smallest absolute Gasteiger partial charge is 0.0433 e. The first-order chi connectivity index (χ1) is 8.79. The topological polar surface area (TPSA) is 9.23 Å². The van der Waals surface area contributed by atoms with E-state index in [4.69, 9.17) is 0 Å². The van der Waals surface area contributed by atoms with E-state index in [2.05, 4.69) is 66.4 Å². The summed E-state index contributed by atoms with van der Waals surface area (Å²) in [7, 11) is 1.68. The van der Waals surface area contributed by atoms with Crippen molar-refractivity contribution in [3.63, 3.8) is 0 Å². The predicted molar refractivity (Wildman–Crippen MR) is 85.6 cm³/mol. The molecule has 2 rings (SSSR count). The SMILES string of the molecule is CCOC.CCSC.c1ccc2ccccc2c1. The molecule has 1 nitrogen and oxygen atoms in total. The van der Waals surface area contributed by atoms with Crippen molar-refractivity contribution in [3.8, 4) is 0 Å². The minimum atomic E-state index is 0.819. The molecule has 0 spiro atoms. The Bertz CT molecular complexity index is 327. The Morgan fingerprint density at radius 2 is 1.17 bits per heavy atom. The maximum Gasteiger partial charge on any atom is 0.0433 e. The molecule has 0 aliphatic heterocycles. The number of thioether (sulfide) groups is 1. The highest BCUT2D eigenvalue weighted by atomic mass is 32.2. The van der Waals surface area contributed by atoms with E-state index in [0.29, 0.717) is 0 Å². The average Bonchev–Trinajstić information content (AvgIpc) is 2.48. The van der Waals surface area contributed by atoms with Crippen LogP contribution in [-0.2, 0) is 4.74 Å². The summed E-state index contributed by atoms with van der Waals surface area (Å²) in [5.41, 5.74) is 0. The van der Waals surface area contributed by atoms with Crippen LogP contribution in [0, 0.1) is 0 Å². The predicted octanol–water partition coefficient (Wildman–Crippen LogP) is 4.86. The first-order valence-corrected chi connectivity index (χ1v) is 7.61. The number of hydrogen-bond acceptors (Lipinski definition) is 2. The maximum absolute atomic E-state index is 4.54. The lowest BCUT2D eigenvalue weighted by Gasteiger charge is -1.92. The molecule has 0 aliphatic rings. The summed E-state index contributed by atoms with van der Waals surface area (Å²) in [6.07, 6.45) is 2.10. The molecule has 0 saturated carbocycles. The third-order valence-electron chi connectivity index (χ3n) is 2.24. The summed E-state index contributed by atoms with van der Waals surface area (Å²) in [4.78, 5) is 0. The maximum atomic E-state index is 4.54. The molecule has 0 atom stereocenters. The van der Waals surface area contributed by atoms with E-state index in [1.807, 2.05) is 18.7 Å². The van der Waals surface area contributed by atoms with E-state index < -0.39 is 0 Å². The Morgan fingerprint density at radius 1 is 0.889 bits per heavy atom. The van der Waals surface area contributed by atoms with E-state index in [0.717, 1.165) is 6.61 Å². The third-order valence-corrected chi connectivity index (χ3v) is 2.81. The minimum Gasteiger partial charge on any atom is -0.385 e. The first kappa shape index (κ1) is 17.0. The second-order valence-electron chi connectivity index (χ2n) is 3.50. The first-order valence-electron chi connectivity index (χ1n) is 6.21. The third kappa shape index (κ3) is 8.15. The molecule has 0 N–H and O–H groups in total. The Kier molecular flexibility index (Phi) is 11.8. The molecular weight excluding hydrogens is 240 g/mol. The van der Waals surface area contributed by atoms with Gasteiger partial charge in [-0.15, -0.1) is 0 Å². The zero-order valence-corrected chi connectivity index (χ0v) is 12.7. The van der Waals surface area contributed by atoms with Crippen molar-refractivity contribution in [2.45, 2.75) is 13.8 Å². The Balaban J connectivity index is 0.000000307. The van der Waals surface area contributed by atoms with Crippen LogP contribution in [0.25, 0.3) is 10.8 Å². The van der Waals surface area contributed by atoms with Gasteiger partial charge in [-0.25, -0.2) is 0 Å². The van der Waals surface area contributed by atoms with Gasteiger partial charge in [0.1, 0.15) is 0 Å². The van der Waals surface area contributed by atoms with Crippen molar-refractivity contribution in [2.24, 2.45) is 0 Å². The molecule has 2 heteroatoms. The van der Waals surface area contributed by atoms with E-state index in [9.17, 15) is 0 Å². The molecule has 2 aromatic carbocycles. The summed E-state index contributed by atoms with van der Waals surface area (Å²) in [6, 6.07) is 16.7. The van der Waals surface area contributed by atoms with Gasteiger partial charge in [0, 0.05) is 13.7 Å². The van der Waals surface area contributed by atoms with Gasteiger partial charge in [-0.05, 0) is 29.7 Å². The second kappa shape index (κ2) is 12.5. The van der Waals surface area contributed by atoms with Gasteiger partial charge < -0.3 is 4.74 Å². The molecule has 0 bridgehead atoms. The lowest BCUT2D eigenvalue weighted by atomic mass is 10.1. The van der Waals surface area contributed by atoms with Crippen molar-refractivity contribution < 1.29 is 4.74 Å². The molecule has 0 aliphatic carbocycles. The van der Waals surface area contributed by atoms with Gasteiger partial charge in [-0.2, -0.15) is 11.8 Å². The lowest BCUT2D eigenvalue weighted by molar-refractivity contribution is 0.215. The molecule has 0 amide bonds. The number of rotatable bonds is 2. The van der Waals surface area contributed by atoms with Crippen molar-refractivity contribution in [1.29, 1.82) is 0 Å². The number of methoxy groups -OCH3 is 1. The fourth-order valence-electron chi connectivity index (χ4n) is 1.13. The summed E-state index contributed by atoms with van der Waals surface area (Å²) >= 11 is 1.86. The van der Waals surface area contributed by atoms with Crippen LogP contribution in [0.2, 0.25) is 0 Å². The van der Waals surface area contributed by atoms with E-state index in [-0.39, 0.29) is 0 Å². The number of ether oxygens (including phenoxy) is 1. The molecular formula is C16H24OS. The van der Waals surface area contributed by atoms with Gasteiger partial charge in [-0.3, -0.25) is 0 Å². The zero-order valence-electron chi connectivity index (χ0n) is 11.8. The Morgan fingerprint density at radius 3 is 1.33 bits per heavy atom. The molecule has 0 heterocycles. The molecule has 2 aromatic rings. The quantitative estimate of drug-likeness (QED) is 0.766. The Labute approximate surface area is 116 Å². The minimum absolute atomic E-state index is 0.819. The van der Waals surface area contributed by atoms with E-state index in [1.165, 1.54) is 16.5 Å². The van der Waals surface area contributed by atoms with Crippen LogP contribution in [0.5, 0.6) is 0 Å². The average molecular weight is 264 g/mol. The number of fused-ring (bicyclic) bond motifs is 1. The highest BCUT2D eigenvalue weighted by Crippen LogP contribution is 2.11. The van der Waals surface area contributed by atoms with Crippen LogP contribution in [0.1, 0.15) is 13.8 Å². The second-order valence-corrected chi connectivity index (χ2v) is 4.66. The van der Waals surface area contributed by atoms with Crippen LogP contribution >= 0.6 is 11.8 Å². The number of hydrogen-bond donors (Lipinski definition) is 0. The van der Waals surface area contributed by atoms with Gasteiger partial charge >= 0.3 is 0 Å². The van der Waals surface area contributed by atoms with Crippen LogP contribution in [0.4, 0.5) is 0 Å². The van der Waals surface area contributed by atoms with Crippen molar-refractivity contribution >= 4 is 22.5 Å². The van der Waals surface area contributed by atoms with Gasteiger partial charge in [0.05, 0.1) is 0 Å². The monoisotopic (exact) mass is 264 g/mol. The lowest BCUT2D eigenvalue weighted by Crippen LogP contribution is -1.73. The molecule has 0 radical (unpaired) electrons. The van der Waals surface area contributed by atoms with Crippen molar-refractivity contribution in [2.75, 3.05) is 25.7 Å². The van der Waals surface area contributed by atoms with Gasteiger partial charge in [0.2, 0.25) is 0 Å². The van der Waals surface area contributed by atoms with Crippen molar-refractivity contribution in [3.05, 3.63) is 48.5 Å². The standard InChI is InChI=1S/C10H8.C3H8O.C3H8S/c1-2-6-10-8-4-3-7-9(10)5-1;2*1-3-4-2/h1-8H;2*3H2,1-2H3. The van der Waals surface area contributed by atoms with Gasteiger partial charge in [0.25, 0.3) is 0 Å². The summed E-state index contributed by atoms with van der Waals surface area (Å²) in [5.74, 6) is 1.24. The molecule has 0 aromatic heterocycles. The fraction of sp³-hybridized carbons (Fsp3) is 0.375. The fourth-order valence-corrected chi connectivity index (χ4v) is 1.13. The zero-order chi connectivity index (χ0) is 13.6. The molecule has 0 fully saturated rings. The van der Waals surface area contributed by atoms with E-state index in [1.54, 1.807) is 7.11 Å². The number of benzene rings is 2. The highest BCUT2D eigenvalue weighted by Gasteiger charge is 1.85. The highest BCUT2D eigenvalue weighted by molar-refractivity contribution is 7.98. The van der Waals surface area contributed by atoms with Crippen LogP contribution in [0.3, 0.4) is 0 Å². The largest absolute Gasteiger partial charge is 0.385 e. The summed E-state index contributed by atoms with van der Waals surface area (Å²) < 4.78 is 4.54. The normalized spacial score (nSPS) is 8.89. The summed E-state index contributed by atoms with van der Waals surface area (Å²) in [5, 5.41) is 2.62. The van der Waals surface area contributed by atoms with Crippen LogP contribution in [-0.4, -0.2) is 25.7 Å². The van der Waals surface area contributed by atoms with Gasteiger partial charge in [0.15, 0.2) is 0 Å². The van der Waals surface area contributed by atoms with Crippen molar-refractivity contribution in [1.82, 2.24) is 0 Å². The molecule has 0 saturated heterocycles.